The van der Waals surface area contributed by atoms with Gasteiger partial charge in [-0.05, 0) is 24.3 Å². The van der Waals surface area contributed by atoms with Crippen molar-refractivity contribution in [1.29, 1.82) is 0 Å². The van der Waals surface area contributed by atoms with Crippen LogP contribution in [0.2, 0.25) is 0 Å². The van der Waals surface area contributed by atoms with Gasteiger partial charge in [0.1, 0.15) is 11.6 Å². The molecule has 7 heteroatoms. The van der Waals surface area contributed by atoms with Crippen LogP contribution in [0.3, 0.4) is 0 Å². The van der Waals surface area contributed by atoms with E-state index < -0.39 is 28.5 Å². The molecule has 0 spiro atoms. The first kappa shape index (κ1) is 16.1. The van der Waals surface area contributed by atoms with Gasteiger partial charge in [-0.2, -0.15) is 0 Å². The van der Waals surface area contributed by atoms with Crippen LogP contribution in [0.15, 0.2) is 53.4 Å². The van der Waals surface area contributed by atoms with Crippen LogP contribution in [0, 0.1) is 11.6 Å². The third kappa shape index (κ3) is 4.63. The normalized spacial score (nSPS) is 11.7. The Morgan fingerprint density at radius 1 is 1.09 bits per heavy atom. The summed E-state index contributed by atoms with van der Waals surface area (Å²) in [5, 5.41) is 4.73. The molecule has 0 aromatic heterocycles. The molecule has 0 aliphatic rings. The minimum atomic E-state index is -1.22. The monoisotopic (exact) mass is 324 g/mol. The van der Waals surface area contributed by atoms with Crippen LogP contribution in [0.25, 0.3) is 0 Å². The molecule has 116 valence electrons. The Bertz CT molecular complexity index is 680. The molecule has 0 aliphatic carbocycles. The van der Waals surface area contributed by atoms with Gasteiger partial charge in [-0.25, -0.2) is 13.6 Å². The molecule has 2 amide bonds. The topological polar surface area (TPSA) is 58.2 Å². The number of hydrogen-bond acceptors (Lipinski definition) is 2. The highest BCUT2D eigenvalue weighted by Crippen LogP contribution is 2.14. The lowest BCUT2D eigenvalue weighted by atomic mass is 10.3. The molecule has 0 fully saturated rings. The maximum atomic E-state index is 13.4. The van der Waals surface area contributed by atoms with Crippen molar-refractivity contribution >= 4 is 22.5 Å². The standard InChI is InChI=1S/C15H14F2N2O2S/c16-11-6-7-14(13(17)10-11)19-15(20)18-8-9-22(21)12-4-2-1-3-5-12/h1-7,10H,8-9H2,(H2,18,19,20)/t22-/m0/s1. The van der Waals surface area contributed by atoms with E-state index in [1.54, 1.807) is 24.3 Å². The molecule has 0 bridgehead atoms. The highest BCUT2D eigenvalue weighted by molar-refractivity contribution is 7.85. The van der Waals surface area contributed by atoms with Crippen molar-refractivity contribution in [1.82, 2.24) is 5.32 Å². The molecule has 0 heterocycles. The van der Waals surface area contributed by atoms with Crippen molar-refractivity contribution in [2.45, 2.75) is 4.90 Å². The number of amides is 2. The summed E-state index contributed by atoms with van der Waals surface area (Å²) < 4.78 is 38.0. The van der Waals surface area contributed by atoms with Crippen molar-refractivity contribution in [3.8, 4) is 0 Å². The summed E-state index contributed by atoms with van der Waals surface area (Å²) in [6, 6.07) is 11.1. The third-order valence-corrected chi connectivity index (χ3v) is 4.13. The number of carbonyl (C=O) groups excluding carboxylic acids is 1. The Balaban J connectivity index is 1.80. The lowest BCUT2D eigenvalue weighted by Crippen LogP contribution is -2.32. The molecule has 4 nitrogen and oxygen atoms in total. The molecule has 0 radical (unpaired) electrons. The Morgan fingerprint density at radius 2 is 1.82 bits per heavy atom. The predicted octanol–water partition coefficient (Wildman–Crippen LogP) is 2.89. The lowest BCUT2D eigenvalue weighted by molar-refractivity contribution is 0.252. The maximum absolute atomic E-state index is 13.4. The molecule has 0 unspecified atom stereocenters. The molecule has 1 atom stereocenters. The van der Waals surface area contributed by atoms with Gasteiger partial charge in [0.25, 0.3) is 0 Å². The van der Waals surface area contributed by atoms with Crippen LogP contribution < -0.4 is 10.6 Å². The predicted molar refractivity (Wildman–Crippen MR) is 81.1 cm³/mol. The van der Waals surface area contributed by atoms with Crippen molar-refractivity contribution in [3.63, 3.8) is 0 Å². The second kappa shape index (κ2) is 7.65. The van der Waals surface area contributed by atoms with Crippen molar-refractivity contribution in [2.24, 2.45) is 0 Å². The minimum absolute atomic E-state index is 0.122. The van der Waals surface area contributed by atoms with Crippen LogP contribution in [0.4, 0.5) is 19.3 Å². The maximum Gasteiger partial charge on any atom is 0.319 e. The molecule has 2 aromatic carbocycles. The average Bonchev–Trinajstić information content (AvgIpc) is 2.51. The Morgan fingerprint density at radius 3 is 2.50 bits per heavy atom. The number of carbonyl (C=O) groups is 1. The fourth-order valence-corrected chi connectivity index (χ4v) is 2.69. The molecular weight excluding hydrogens is 310 g/mol. The van der Waals surface area contributed by atoms with Crippen molar-refractivity contribution in [2.75, 3.05) is 17.6 Å². The van der Waals surface area contributed by atoms with E-state index in [0.29, 0.717) is 11.0 Å². The molecule has 2 rings (SSSR count). The summed E-state index contributed by atoms with van der Waals surface area (Å²) >= 11 is 0. The molecule has 22 heavy (non-hydrogen) atoms. The van der Waals surface area contributed by atoms with Gasteiger partial charge in [0.15, 0.2) is 0 Å². The Labute approximate surface area is 129 Å². The minimum Gasteiger partial charge on any atom is -0.337 e. The molecule has 0 saturated carbocycles. The zero-order valence-electron chi connectivity index (χ0n) is 11.5. The van der Waals surface area contributed by atoms with E-state index in [2.05, 4.69) is 10.6 Å². The SMILES string of the molecule is O=C(NCC[S@](=O)c1ccccc1)Nc1ccc(F)cc1F. The summed E-state index contributed by atoms with van der Waals surface area (Å²) in [4.78, 5) is 12.3. The third-order valence-electron chi connectivity index (χ3n) is 2.76. The first-order valence-electron chi connectivity index (χ1n) is 6.49. The molecule has 0 saturated heterocycles. The quantitative estimate of drug-likeness (QED) is 0.888. The second-order valence-corrected chi connectivity index (χ2v) is 5.94. The summed E-state index contributed by atoms with van der Waals surface area (Å²) in [6.07, 6.45) is 0. The number of nitrogens with one attached hydrogen (secondary N) is 2. The van der Waals surface area contributed by atoms with Crippen molar-refractivity contribution < 1.29 is 17.8 Å². The van der Waals surface area contributed by atoms with Crippen LogP contribution in [-0.2, 0) is 10.8 Å². The van der Waals surface area contributed by atoms with Gasteiger partial charge in [-0.3, -0.25) is 4.21 Å². The van der Waals surface area contributed by atoms with Gasteiger partial charge in [-0.15, -0.1) is 0 Å². The van der Waals surface area contributed by atoms with Crippen LogP contribution in [0.5, 0.6) is 0 Å². The summed E-state index contributed by atoms with van der Waals surface area (Å²) in [5.41, 5.74) is -0.122. The first-order chi connectivity index (χ1) is 10.6. The zero-order valence-corrected chi connectivity index (χ0v) is 12.3. The molecule has 2 N–H and O–H groups in total. The van der Waals surface area contributed by atoms with E-state index in [1.165, 1.54) is 0 Å². The molecule has 0 aliphatic heterocycles. The number of anilines is 1. The van der Waals surface area contributed by atoms with Gasteiger partial charge < -0.3 is 10.6 Å². The van der Waals surface area contributed by atoms with E-state index in [-0.39, 0.29) is 18.0 Å². The van der Waals surface area contributed by atoms with Crippen LogP contribution >= 0.6 is 0 Å². The fraction of sp³-hybridized carbons (Fsp3) is 0.133. The summed E-state index contributed by atoms with van der Waals surface area (Å²) in [5.74, 6) is -1.34. The van der Waals surface area contributed by atoms with Gasteiger partial charge >= 0.3 is 6.03 Å². The van der Waals surface area contributed by atoms with Gasteiger partial charge in [-0.1, -0.05) is 18.2 Å². The summed E-state index contributed by atoms with van der Waals surface area (Å²) in [6.45, 7) is 0.163. The second-order valence-electron chi connectivity index (χ2n) is 4.37. The number of urea groups is 1. The zero-order chi connectivity index (χ0) is 15.9. The fourth-order valence-electron chi connectivity index (χ4n) is 1.70. The molecular formula is C15H14F2N2O2S. The summed E-state index contributed by atoms with van der Waals surface area (Å²) in [7, 11) is -1.22. The highest BCUT2D eigenvalue weighted by Gasteiger charge is 2.08. The number of rotatable bonds is 5. The van der Waals surface area contributed by atoms with E-state index in [0.717, 1.165) is 12.1 Å². The highest BCUT2D eigenvalue weighted by atomic mass is 32.2. The van der Waals surface area contributed by atoms with E-state index in [1.807, 2.05) is 6.07 Å². The number of hydrogen-bond donors (Lipinski definition) is 2. The van der Waals surface area contributed by atoms with E-state index >= 15 is 0 Å². The molecule has 2 aromatic rings. The number of benzene rings is 2. The van der Waals surface area contributed by atoms with Crippen LogP contribution in [-0.4, -0.2) is 22.5 Å². The van der Waals surface area contributed by atoms with Gasteiger partial charge in [0.2, 0.25) is 0 Å². The van der Waals surface area contributed by atoms with Gasteiger partial charge in [0, 0.05) is 23.3 Å². The smallest absolute Gasteiger partial charge is 0.319 e. The van der Waals surface area contributed by atoms with E-state index in [4.69, 9.17) is 0 Å². The first-order valence-corrected chi connectivity index (χ1v) is 7.81. The largest absolute Gasteiger partial charge is 0.337 e. The number of halogens is 2. The van der Waals surface area contributed by atoms with E-state index in [9.17, 15) is 17.8 Å². The average molecular weight is 324 g/mol. The Kier molecular flexibility index (Phi) is 5.60. The Hall–Kier alpha value is -2.28. The lowest BCUT2D eigenvalue weighted by Gasteiger charge is -2.08. The van der Waals surface area contributed by atoms with Gasteiger partial charge in [0.05, 0.1) is 16.5 Å². The van der Waals surface area contributed by atoms with Crippen molar-refractivity contribution in [3.05, 3.63) is 60.2 Å². The van der Waals surface area contributed by atoms with Crippen LogP contribution in [0.1, 0.15) is 0 Å².